The Bertz CT molecular complexity index is 1550. The van der Waals surface area contributed by atoms with Crippen molar-refractivity contribution in [1.29, 1.82) is 0 Å². The number of benzene rings is 3. The van der Waals surface area contributed by atoms with Crippen LogP contribution in [0.5, 0.6) is 11.5 Å². The second-order valence-corrected chi connectivity index (χ2v) is 10.3. The highest BCUT2D eigenvalue weighted by Gasteiger charge is 2.30. The number of fused-ring (bicyclic) bond motifs is 1. The molecule has 0 saturated carbocycles. The van der Waals surface area contributed by atoms with Crippen LogP contribution in [0.25, 0.3) is 0 Å². The molecule has 10 nitrogen and oxygen atoms in total. The standard InChI is InChI=1S/C26H25N5O5S/c1-17-7-9-18(10-8-17)29-26-24(37(33,34)20-5-3-2-4-6-20)25(27)31(30-26)16-23(32)28-19-11-12-21-22(15-19)36-14-13-35-21/h2-12,15H,13-14,16,27H2,1H3,(H,28,32)(H,29,30). The second-order valence-electron chi connectivity index (χ2n) is 8.43. The van der Waals surface area contributed by atoms with Gasteiger partial charge >= 0.3 is 0 Å². The summed E-state index contributed by atoms with van der Waals surface area (Å²) < 4.78 is 39.3. The zero-order chi connectivity index (χ0) is 26.0. The molecule has 190 valence electrons. The minimum absolute atomic E-state index is 0.0253. The van der Waals surface area contributed by atoms with E-state index in [1.165, 1.54) is 16.8 Å². The van der Waals surface area contributed by atoms with Crippen LogP contribution < -0.4 is 25.8 Å². The predicted molar refractivity (Wildman–Crippen MR) is 139 cm³/mol. The number of carbonyl (C=O) groups is 1. The van der Waals surface area contributed by atoms with Crippen molar-refractivity contribution < 1.29 is 22.7 Å². The first-order chi connectivity index (χ1) is 17.8. The lowest BCUT2D eigenvalue weighted by Crippen LogP contribution is -2.21. The summed E-state index contributed by atoms with van der Waals surface area (Å²) in [6.07, 6.45) is 0. The summed E-state index contributed by atoms with van der Waals surface area (Å²) in [5.41, 5.74) is 8.47. The minimum atomic E-state index is -4.05. The van der Waals surface area contributed by atoms with E-state index in [0.717, 1.165) is 5.56 Å². The zero-order valence-electron chi connectivity index (χ0n) is 20.0. The Hall–Kier alpha value is -4.51. The van der Waals surface area contributed by atoms with Gasteiger partial charge in [-0.15, -0.1) is 0 Å². The number of amides is 1. The van der Waals surface area contributed by atoms with E-state index in [0.29, 0.717) is 36.1 Å². The molecular weight excluding hydrogens is 494 g/mol. The van der Waals surface area contributed by atoms with E-state index < -0.39 is 15.7 Å². The smallest absolute Gasteiger partial charge is 0.246 e. The molecule has 3 aromatic carbocycles. The maximum absolute atomic E-state index is 13.5. The van der Waals surface area contributed by atoms with E-state index in [-0.39, 0.29) is 28.0 Å². The molecule has 1 aliphatic heterocycles. The Morgan fingerprint density at radius 3 is 2.38 bits per heavy atom. The second kappa shape index (κ2) is 9.86. The summed E-state index contributed by atoms with van der Waals surface area (Å²) in [5, 5.41) is 10.2. The molecule has 1 amide bonds. The van der Waals surface area contributed by atoms with Crippen molar-refractivity contribution in [2.75, 3.05) is 29.6 Å². The van der Waals surface area contributed by atoms with Gasteiger partial charge in [0.15, 0.2) is 22.2 Å². The van der Waals surface area contributed by atoms with Gasteiger partial charge in [0.05, 0.1) is 4.90 Å². The van der Waals surface area contributed by atoms with Gasteiger partial charge in [-0.05, 0) is 43.3 Å². The van der Waals surface area contributed by atoms with Crippen molar-refractivity contribution >= 4 is 38.8 Å². The number of ether oxygens (including phenoxy) is 2. The number of aryl methyl sites for hydroxylation is 1. The van der Waals surface area contributed by atoms with Gasteiger partial charge in [-0.25, -0.2) is 13.1 Å². The Balaban J connectivity index is 1.46. The molecule has 11 heteroatoms. The number of nitrogen functional groups attached to an aromatic ring is 1. The highest BCUT2D eigenvalue weighted by molar-refractivity contribution is 7.91. The largest absolute Gasteiger partial charge is 0.486 e. The molecular formula is C26H25N5O5S. The molecule has 4 aromatic rings. The fourth-order valence-electron chi connectivity index (χ4n) is 3.87. The van der Waals surface area contributed by atoms with E-state index in [4.69, 9.17) is 15.2 Å². The summed E-state index contributed by atoms with van der Waals surface area (Å²) >= 11 is 0. The van der Waals surface area contributed by atoms with Crippen LogP contribution >= 0.6 is 0 Å². The van der Waals surface area contributed by atoms with Crippen LogP contribution in [-0.2, 0) is 21.2 Å². The van der Waals surface area contributed by atoms with Crippen LogP contribution in [0.4, 0.5) is 23.0 Å². The van der Waals surface area contributed by atoms with Gasteiger partial charge in [0, 0.05) is 17.4 Å². The fourth-order valence-corrected chi connectivity index (χ4v) is 5.35. The van der Waals surface area contributed by atoms with E-state index >= 15 is 0 Å². The Morgan fingerprint density at radius 1 is 0.973 bits per heavy atom. The highest BCUT2D eigenvalue weighted by Crippen LogP contribution is 2.35. The van der Waals surface area contributed by atoms with Crippen LogP contribution in [0.2, 0.25) is 0 Å². The van der Waals surface area contributed by atoms with Crippen LogP contribution in [0.1, 0.15) is 5.56 Å². The lowest BCUT2D eigenvalue weighted by atomic mass is 10.2. The van der Waals surface area contributed by atoms with Crippen LogP contribution in [0, 0.1) is 6.92 Å². The first kappa shape index (κ1) is 24.2. The number of rotatable bonds is 7. The molecule has 0 radical (unpaired) electrons. The van der Waals surface area contributed by atoms with Crippen molar-refractivity contribution in [2.45, 2.75) is 23.3 Å². The first-order valence-electron chi connectivity index (χ1n) is 11.5. The van der Waals surface area contributed by atoms with Gasteiger partial charge in [0.25, 0.3) is 0 Å². The summed E-state index contributed by atoms with van der Waals surface area (Å²) in [5.74, 6) is 0.552. The summed E-state index contributed by atoms with van der Waals surface area (Å²) in [4.78, 5) is 12.7. The quantitative estimate of drug-likeness (QED) is 0.336. The summed E-state index contributed by atoms with van der Waals surface area (Å²) in [7, 11) is -4.05. The highest BCUT2D eigenvalue weighted by atomic mass is 32.2. The zero-order valence-corrected chi connectivity index (χ0v) is 20.8. The fraction of sp³-hybridized carbons (Fsp3) is 0.154. The number of carbonyl (C=O) groups excluding carboxylic acids is 1. The van der Waals surface area contributed by atoms with Gasteiger partial charge < -0.3 is 25.8 Å². The SMILES string of the molecule is Cc1ccc(Nc2nn(CC(=O)Nc3ccc4c(c3)OCCO4)c(N)c2S(=O)(=O)c2ccccc2)cc1. The van der Waals surface area contributed by atoms with E-state index in [1.54, 1.807) is 48.5 Å². The molecule has 0 bridgehead atoms. The molecule has 0 saturated heterocycles. The number of nitrogens with one attached hydrogen (secondary N) is 2. The molecule has 1 aliphatic rings. The molecule has 37 heavy (non-hydrogen) atoms. The lowest BCUT2D eigenvalue weighted by molar-refractivity contribution is -0.116. The molecule has 5 rings (SSSR count). The van der Waals surface area contributed by atoms with Crippen molar-refractivity contribution in [2.24, 2.45) is 0 Å². The van der Waals surface area contributed by atoms with Crippen LogP contribution in [0.3, 0.4) is 0 Å². The number of sulfone groups is 1. The molecule has 0 fully saturated rings. The van der Waals surface area contributed by atoms with Gasteiger partial charge in [-0.1, -0.05) is 35.9 Å². The lowest BCUT2D eigenvalue weighted by Gasteiger charge is -2.19. The Kier molecular flexibility index (Phi) is 6.45. The number of nitrogens with two attached hydrogens (primary N) is 1. The minimum Gasteiger partial charge on any atom is -0.486 e. The third kappa shape index (κ3) is 5.07. The third-order valence-corrected chi connectivity index (χ3v) is 7.54. The Labute approximate surface area is 213 Å². The first-order valence-corrected chi connectivity index (χ1v) is 13.0. The maximum atomic E-state index is 13.5. The molecule has 2 heterocycles. The average molecular weight is 520 g/mol. The Morgan fingerprint density at radius 2 is 1.65 bits per heavy atom. The van der Waals surface area contributed by atoms with E-state index in [1.807, 2.05) is 19.1 Å². The van der Waals surface area contributed by atoms with Crippen molar-refractivity contribution in [3.63, 3.8) is 0 Å². The number of anilines is 4. The summed E-state index contributed by atoms with van der Waals surface area (Å²) in [6.45, 7) is 2.52. The van der Waals surface area contributed by atoms with E-state index in [2.05, 4.69) is 15.7 Å². The number of hydrogen-bond acceptors (Lipinski definition) is 8. The predicted octanol–water partition coefficient (Wildman–Crippen LogP) is 3.76. The van der Waals surface area contributed by atoms with Crippen LogP contribution in [0.15, 0.2) is 82.6 Å². The average Bonchev–Trinajstić information content (AvgIpc) is 3.20. The molecule has 0 aliphatic carbocycles. The molecule has 0 unspecified atom stereocenters. The molecule has 4 N–H and O–H groups in total. The maximum Gasteiger partial charge on any atom is 0.246 e. The van der Waals surface area contributed by atoms with Gasteiger partial charge in [-0.2, -0.15) is 5.10 Å². The normalized spacial score (nSPS) is 12.7. The molecule has 1 aromatic heterocycles. The topological polar surface area (TPSA) is 138 Å². The van der Waals surface area contributed by atoms with Crippen molar-refractivity contribution in [3.8, 4) is 11.5 Å². The monoisotopic (exact) mass is 519 g/mol. The summed E-state index contributed by atoms with van der Waals surface area (Å²) in [6, 6.07) is 20.4. The number of nitrogens with zero attached hydrogens (tertiary/aromatic N) is 2. The van der Waals surface area contributed by atoms with Gasteiger partial charge in [0.1, 0.15) is 25.6 Å². The third-order valence-electron chi connectivity index (χ3n) is 5.70. The number of hydrogen-bond donors (Lipinski definition) is 3. The number of aromatic nitrogens is 2. The molecule has 0 atom stereocenters. The van der Waals surface area contributed by atoms with Gasteiger partial charge in [-0.3, -0.25) is 4.79 Å². The van der Waals surface area contributed by atoms with Crippen molar-refractivity contribution in [3.05, 3.63) is 78.4 Å². The molecule has 0 spiro atoms. The van der Waals surface area contributed by atoms with Crippen LogP contribution in [-0.4, -0.2) is 37.3 Å². The van der Waals surface area contributed by atoms with Gasteiger partial charge in [0.2, 0.25) is 15.7 Å². The van der Waals surface area contributed by atoms with Crippen molar-refractivity contribution in [1.82, 2.24) is 9.78 Å². The van der Waals surface area contributed by atoms with E-state index in [9.17, 15) is 13.2 Å².